The molecule has 0 saturated heterocycles. The minimum Gasteiger partial charge on any atom is -0.356 e. The van der Waals surface area contributed by atoms with E-state index in [4.69, 9.17) is 16.6 Å². The molecule has 0 spiro atoms. The van der Waals surface area contributed by atoms with Gasteiger partial charge in [-0.15, -0.1) is 0 Å². The van der Waals surface area contributed by atoms with Crippen LogP contribution in [0.3, 0.4) is 0 Å². The second-order valence-corrected chi connectivity index (χ2v) is 9.11. The van der Waals surface area contributed by atoms with E-state index in [1.165, 1.54) is 0 Å². The summed E-state index contributed by atoms with van der Waals surface area (Å²) in [5, 5.41) is 5.80. The quantitative estimate of drug-likeness (QED) is 0.412. The van der Waals surface area contributed by atoms with Crippen LogP contribution in [0.4, 0.5) is 23.0 Å². The van der Waals surface area contributed by atoms with Crippen LogP contribution in [0.25, 0.3) is 22.0 Å². The Hall–Kier alpha value is -3.71. The summed E-state index contributed by atoms with van der Waals surface area (Å²) in [7, 11) is 1.81. The van der Waals surface area contributed by atoms with Gasteiger partial charge in [0, 0.05) is 42.1 Å². The number of amides is 1. The van der Waals surface area contributed by atoms with E-state index in [9.17, 15) is 4.79 Å². The molecule has 1 N–H and O–H groups in total. The number of hydrogen-bond donors (Lipinski definition) is 1. The molecule has 1 amide bonds. The fraction of sp³-hybridized carbons (Fsp3) is 0.231. The van der Waals surface area contributed by atoms with Gasteiger partial charge in [-0.05, 0) is 44.4 Å². The van der Waals surface area contributed by atoms with E-state index in [-0.39, 0.29) is 18.0 Å². The van der Waals surface area contributed by atoms with Crippen molar-refractivity contribution >= 4 is 51.3 Å². The van der Waals surface area contributed by atoms with Gasteiger partial charge < -0.3 is 15.1 Å². The zero-order valence-electron chi connectivity index (χ0n) is 19.5. The Morgan fingerprint density at radius 2 is 1.85 bits per heavy atom. The SMILES string of the molecule is CC(C)N1c2cc(Nc3ncc(Cl)c(-c4cncc5ccccc45)n3)ccc2N(C)C(=O)[C@H]1C. The summed E-state index contributed by atoms with van der Waals surface area (Å²) in [6.07, 6.45) is 5.19. The van der Waals surface area contributed by atoms with Crippen LogP contribution in [0.2, 0.25) is 5.02 Å². The van der Waals surface area contributed by atoms with Crippen LogP contribution in [-0.2, 0) is 4.79 Å². The highest BCUT2D eigenvalue weighted by molar-refractivity contribution is 6.33. The predicted octanol–water partition coefficient (Wildman–Crippen LogP) is 5.67. The summed E-state index contributed by atoms with van der Waals surface area (Å²) in [5.74, 6) is 0.507. The van der Waals surface area contributed by atoms with Gasteiger partial charge in [-0.2, -0.15) is 0 Å². The zero-order chi connectivity index (χ0) is 24.0. The van der Waals surface area contributed by atoms with Crippen molar-refractivity contribution in [1.82, 2.24) is 15.0 Å². The minimum atomic E-state index is -0.245. The summed E-state index contributed by atoms with van der Waals surface area (Å²) in [4.78, 5) is 30.0. The van der Waals surface area contributed by atoms with Gasteiger partial charge in [0.1, 0.15) is 6.04 Å². The first-order valence-corrected chi connectivity index (χ1v) is 11.6. The van der Waals surface area contributed by atoms with Gasteiger partial charge in [0.05, 0.1) is 28.3 Å². The lowest BCUT2D eigenvalue weighted by Gasteiger charge is -2.42. The fourth-order valence-corrected chi connectivity index (χ4v) is 4.79. The molecule has 1 atom stereocenters. The Kier molecular flexibility index (Phi) is 5.57. The van der Waals surface area contributed by atoms with Gasteiger partial charge in [0.25, 0.3) is 0 Å². The van der Waals surface area contributed by atoms with Crippen molar-refractivity contribution in [2.24, 2.45) is 0 Å². The number of carbonyl (C=O) groups excluding carboxylic acids is 1. The third-order valence-corrected chi connectivity index (χ3v) is 6.48. The summed E-state index contributed by atoms with van der Waals surface area (Å²) in [5.41, 5.74) is 4.15. The van der Waals surface area contributed by atoms with E-state index < -0.39 is 0 Å². The van der Waals surface area contributed by atoms with Crippen molar-refractivity contribution in [2.75, 3.05) is 22.2 Å². The third kappa shape index (κ3) is 3.72. The van der Waals surface area contributed by atoms with Crippen LogP contribution in [-0.4, -0.2) is 40.0 Å². The maximum absolute atomic E-state index is 12.7. The largest absolute Gasteiger partial charge is 0.356 e. The molecule has 8 heteroatoms. The standard InChI is InChI=1S/C26H25ClN6O/c1-15(2)33-16(3)25(34)32(4)22-10-9-18(11-23(22)33)30-26-29-14-21(27)24(31-26)20-13-28-12-17-7-5-6-8-19(17)20/h5-16H,1-4H3,(H,29,30,31)/t16-/m1/s1. The van der Waals surface area contributed by atoms with Gasteiger partial charge in [-0.25, -0.2) is 9.97 Å². The molecular weight excluding hydrogens is 448 g/mol. The Morgan fingerprint density at radius 1 is 1.06 bits per heavy atom. The van der Waals surface area contributed by atoms with Crippen LogP contribution < -0.4 is 15.1 Å². The lowest BCUT2D eigenvalue weighted by atomic mass is 10.0. The van der Waals surface area contributed by atoms with Gasteiger partial charge in [-0.3, -0.25) is 9.78 Å². The number of aromatic nitrogens is 3. The van der Waals surface area contributed by atoms with Crippen molar-refractivity contribution in [3.63, 3.8) is 0 Å². The summed E-state index contributed by atoms with van der Waals surface area (Å²) in [6, 6.07) is 13.8. The van der Waals surface area contributed by atoms with Crippen molar-refractivity contribution in [1.29, 1.82) is 0 Å². The number of pyridine rings is 1. The molecule has 172 valence electrons. The first kappa shape index (κ1) is 22.1. The normalized spacial score (nSPS) is 15.7. The lowest BCUT2D eigenvalue weighted by molar-refractivity contribution is -0.119. The van der Waals surface area contributed by atoms with E-state index in [0.29, 0.717) is 16.7 Å². The van der Waals surface area contributed by atoms with Gasteiger partial charge in [-0.1, -0.05) is 35.9 Å². The van der Waals surface area contributed by atoms with E-state index >= 15 is 0 Å². The van der Waals surface area contributed by atoms with E-state index in [1.54, 1.807) is 17.3 Å². The molecule has 3 heterocycles. The first-order chi connectivity index (χ1) is 16.3. The van der Waals surface area contributed by atoms with Crippen molar-refractivity contribution in [2.45, 2.75) is 32.9 Å². The van der Waals surface area contributed by atoms with Crippen molar-refractivity contribution in [3.8, 4) is 11.3 Å². The monoisotopic (exact) mass is 472 g/mol. The van der Waals surface area contributed by atoms with Gasteiger partial charge in [0.2, 0.25) is 11.9 Å². The topological polar surface area (TPSA) is 74.2 Å². The number of anilines is 4. The predicted molar refractivity (Wildman–Crippen MR) is 138 cm³/mol. The molecule has 0 saturated carbocycles. The summed E-state index contributed by atoms with van der Waals surface area (Å²) in [6.45, 7) is 6.12. The number of hydrogen-bond acceptors (Lipinski definition) is 6. The maximum Gasteiger partial charge on any atom is 0.249 e. The number of rotatable bonds is 4. The second-order valence-electron chi connectivity index (χ2n) is 8.70. The Labute approximate surface area is 203 Å². The molecule has 0 fully saturated rings. The average Bonchev–Trinajstić information content (AvgIpc) is 2.83. The molecule has 0 unspecified atom stereocenters. The molecule has 4 aromatic rings. The van der Waals surface area contributed by atoms with Crippen molar-refractivity contribution < 1.29 is 4.79 Å². The van der Waals surface area contributed by atoms with Crippen LogP contribution in [0, 0.1) is 0 Å². The fourth-order valence-electron chi connectivity index (χ4n) is 4.59. The molecule has 2 aromatic carbocycles. The minimum absolute atomic E-state index is 0.0799. The van der Waals surface area contributed by atoms with Crippen LogP contribution in [0.15, 0.2) is 61.1 Å². The maximum atomic E-state index is 12.7. The summed E-state index contributed by atoms with van der Waals surface area (Å²) < 4.78 is 0. The molecule has 1 aliphatic heterocycles. The molecule has 0 aliphatic carbocycles. The number of likely N-dealkylation sites (N-methyl/N-ethyl adjacent to an activating group) is 1. The Bertz CT molecular complexity index is 1400. The molecular formula is C26H25ClN6O. The Morgan fingerprint density at radius 3 is 2.65 bits per heavy atom. The van der Waals surface area contributed by atoms with Crippen LogP contribution >= 0.6 is 11.6 Å². The number of halogens is 1. The lowest BCUT2D eigenvalue weighted by Crippen LogP contribution is -2.53. The molecule has 2 aromatic heterocycles. The van der Waals surface area contributed by atoms with E-state index in [1.807, 2.05) is 62.6 Å². The van der Waals surface area contributed by atoms with Gasteiger partial charge >= 0.3 is 0 Å². The number of carbonyl (C=O) groups is 1. The third-order valence-electron chi connectivity index (χ3n) is 6.20. The molecule has 34 heavy (non-hydrogen) atoms. The van der Waals surface area contributed by atoms with E-state index in [0.717, 1.165) is 33.4 Å². The van der Waals surface area contributed by atoms with E-state index in [2.05, 4.69) is 34.0 Å². The highest BCUT2D eigenvalue weighted by atomic mass is 35.5. The highest BCUT2D eigenvalue weighted by Crippen LogP contribution is 2.39. The van der Waals surface area contributed by atoms with Crippen LogP contribution in [0.5, 0.6) is 0 Å². The molecule has 1 aliphatic rings. The zero-order valence-corrected chi connectivity index (χ0v) is 20.2. The molecule has 0 bridgehead atoms. The average molecular weight is 473 g/mol. The van der Waals surface area contributed by atoms with Crippen LogP contribution in [0.1, 0.15) is 20.8 Å². The number of nitrogens with one attached hydrogen (secondary N) is 1. The first-order valence-electron chi connectivity index (χ1n) is 11.2. The Balaban J connectivity index is 1.54. The number of nitrogens with zero attached hydrogens (tertiary/aromatic N) is 5. The summed E-state index contributed by atoms with van der Waals surface area (Å²) >= 11 is 6.50. The molecule has 0 radical (unpaired) electrons. The highest BCUT2D eigenvalue weighted by Gasteiger charge is 2.35. The number of fused-ring (bicyclic) bond motifs is 2. The smallest absolute Gasteiger partial charge is 0.249 e. The van der Waals surface area contributed by atoms with Crippen molar-refractivity contribution in [3.05, 3.63) is 66.1 Å². The number of benzene rings is 2. The molecule has 7 nitrogen and oxygen atoms in total. The molecule has 5 rings (SSSR count). The second kappa shape index (κ2) is 8.57. The van der Waals surface area contributed by atoms with Gasteiger partial charge in [0.15, 0.2) is 0 Å².